The SMILES string of the molecule is COc1ccc(CNC(=O)N2CCO[C@H](c3ccco3)C2)cc1F. The summed E-state index contributed by atoms with van der Waals surface area (Å²) < 4.78 is 29.5. The average molecular weight is 334 g/mol. The predicted molar refractivity (Wildman–Crippen MR) is 84.2 cm³/mol. The molecule has 128 valence electrons. The Kier molecular flexibility index (Phi) is 5.00. The third-order valence-corrected chi connectivity index (χ3v) is 3.87. The Morgan fingerprint density at radius 1 is 1.46 bits per heavy atom. The largest absolute Gasteiger partial charge is 0.494 e. The molecule has 0 spiro atoms. The van der Waals surface area contributed by atoms with Crippen LogP contribution in [0.1, 0.15) is 17.4 Å². The fourth-order valence-electron chi connectivity index (χ4n) is 2.59. The topological polar surface area (TPSA) is 63.9 Å². The first-order chi connectivity index (χ1) is 11.7. The van der Waals surface area contributed by atoms with Gasteiger partial charge in [-0.1, -0.05) is 6.07 Å². The van der Waals surface area contributed by atoms with E-state index in [2.05, 4.69) is 5.32 Å². The molecule has 1 fully saturated rings. The average Bonchev–Trinajstić information content (AvgIpc) is 3.14. The summed E-state index contributed by atoms with van der Waals surface area (Å²) in [6.45, 7) is 1.59. The summed E-state index contributed by atoms with van der Waals surface area (Å²) in [6.07, 6.45) is 1.31. The number of benzene rings is 1. The normalized spacial score (nSPS) is 17.6. The summed E-state index contributed by atoms with van der Waals surface area (Å²) in [6, 6.07) is 8.00. The molecule has 2 amide bonds. The number of nitrogens with zero attached hydrogens (tertiary/aromatic N) is 1. The summed E-state index contributed by atoms with van der Waals surface area (Å²) in [4.78, 5) is 14.0. The van der Waals surface area contributed by atoms with Gasteiger partial charge in [0.1, 0.15) is 11.9 Å². The Morgan fingerprint density at radius 2 is 2.33 bits per heavy atom. The smallest absolute Gasteiger partial charge is 0.317 e. The van der Waals surface area contributed by atoms with Crippen molar-refractivity contribution in [1.82, 2.24) is 10.2 Å². The molecule has 0 aliphatic carbocycles. The van der Waals surface area contributed by atoms with Crippen LogP contribution in [-0.4, -0.2) is 37.7 Å². The van der Waals surface area contributed by atoms with Crippen molar-refractivity contribution in [2.24, 2.45) is 0 Å². The number of carbonyl (C=O) groups excluding carboxylic acids is 1. The number of hydrogen-bond acceptors (Lipinski definition) is 4. The predicted octanol–water partition coefficient (Wildman–Crippen LogP) is 2.71. The van der Waals surface area contributed by atoms with Crippen molar-refractivity contribution in [3.05, 3.63) is 53.7 Å². The molecule has 0 radical (unpaired) electrons. The van der Waals surface area contributed by atoms with E-state index >= 15 is 0 Å². The van der Waals surface area contributed by atoms with Gasteiger partial charge in [-0.2, -0.15) is 0 Å². The van der Waals surface area contributed by atoms with Crippen molar-refractivity contribution in [2.75, 3.05) is 26.8 Å². The zero-order valence-electron chi connectivity index (χ0n) is 13.3. The van der Waals surface area contributed by atoms with Crippen molar-refractivity contribution in [3.63, 3.8) is 0 Å². The summed E-state index contributed by atoms with van der Waals surface area (Å²) in [5.41, 5.74) is 0.664. The van der Waals surface area contributed by atoms with Gasteiger partial charge in [0.25, 0.3) is 0 Å². The van der Waals surface area contributed by atoms with Gasteiger partial charge in [0.15, 0.2) is 11.6 Å². The van der Waals surface area contributed by atoms with Crippen LogP contribution >= 0.6 is 0 Å². The van der Waals surface area contributed by atoms with E-state index in [1.165, 1.54) is 13.2 Å². The molecule has 0 unspecified atom stereocenters. The van der Waals surface area contributed by atoms with E-state index in [-0.39, 0.29) is 24.4 Å². The number of methoxy groups -OCH3 is 1. The zero-order valence-corrected chi connectivity index (χ0v) is 13.3. The van der Waals surface area contributed by atoms with E-state index in [4.69, 9.17) is 13.9 Å². The minimum absolute atomic E-state index is 0.180. The first kappa shape index (κ1) is 16.3. The number of amides is 2. The van der Waals surface area contributed by atoms with Gasteiger partial charge in [-0.25, -0.2) is 9.18 Å². The highest BCUT2D eigenvalue weighted by Crippen LogP contribution is 2.22. The molecule has 6 nitrogen and oxygen atoms in total. The molecule has 3 rings (SSSR count). The summed E-state index contributed by atoms with van der Waals surface area (Å²) in [7, 11) is 1.41. The number of hydrogen-bond donors (Lipinski definition) is 1. The fraction of sp³-hybridized carbons (Fsp3) is 0.353. The quantitative estimate of drug-likeness (QED) is 0.934. The Hall–Kier alpha value is -2.54. The first-order valence-corrected chi connectivity index (χ1v) is 7.67. The summed E-state index contributed by atoms with van der Waals surface area (Å²) >= 11 is 0. The molecule has 1 aromatic heterocycles. The maximum atomic E-state index is 13.7. The Labute approximate surface area is 139 Å². The van der Waals surface area contributed by atoms with E-state index in [0.29, 0.717) is 31.0 Å². The second kappa shape index (κ2) is 7.35. The molecule has 1 N–H and O–H groups in total. The van der Waals surface area contributed by atoms with E-state index in [0.717, 1.165) is 0 Å². The fourth-order valence-corrected chi connectivity index (χ4v) is 2.59. The van der Waals surface area contributed by atoms with Crippen LogP contribution in [0.4, 0.5) is 9.18 Å². The van der Waals surface area contributed by atoms with Gasteiger partial charge in [-0.15, -0.1) is 0 Å². The minimum Gasteiger partial charge on any atom is -0.494 e. The first-order valence-electron chi connectivity index (χ1n) is 7.67. The minimum atomic E-state index is -0.450. The second-order valence-corrected chi connectivity index (χ2v) is 5.45. The number of carbonyl (C=O) groups is 1. The standard InChI is InChI=1S/C17H19FN2O4/c1-22-14-5-4-12(9-13(14)18)10-19-17(21)20-6-8-24-16(11-20)15-3-2-7-23-15/h2-5,7,9,16H,6,8,10-11H2,1H3,(H,19,21)/t16-/m0/s1. The van der Waals surface area contributed by atoms with Crippen molar-refractivity contribution < 1.29 is 23.1 Å². The molecule has 1 aromatic carbocycles. The number of rotatable bonds is 4. The molecular formula is C17H19FN2O4. The van der Waals surface area contributed by atoms with Gasteiger partial charge in [-0.05, 0) is 29.8 Å². The van der Waals surface area contributed by atoms with E-state index in [1.54, 1.807) is 29.4 Å². The number of halogens is 1. The zero-order chi connectivity index (χ0) is 16.9. The molecule has 24 heavy (non-hydrogen) atoms. The molecule has 2 heterocycles. The van der Waals surface area contributed by atoms with Crippen LogP contribution in [0.25, 0.3) is 0 Å². The number of urea groups is 1. The van der Waals surface area contributed by atoms with Crippen LogP contribution < -0.4 is 10.1 Å². The van der Waals surface area contributed by atoms with Crippen LogP contribution in [-0.2, 0) is 11.3 Å². The van der Waals surface area contributed by atoms with Crippen molar-refractivity contribution >= 4 is 6.03 Å². The van der Waals surface area contributed by atoms with E-state index in [9.17, 15) is 9.18 Å². The molecule has 1 aliphatic heterocycles. The molecule has 0 saturated carbocycles. The van der Waals surface area contributed by atoms with Gasteiger partial charge < -0.3 is 24.1 Å². The van der Waals surface area contributed by atoms with Crippen molar-refractivity contribution in [2.45, 2.75) is 12.6 Å². The molecule has 1 aliphatic rings. The lowest BCUT2D eigenvalue weighted by Crippen LogP contribution is -2.46. The lowest BCUT2D eigenvalue weighted by molar-refractivity contribution is -0.0260. The lowest BCUT2D eigenvalue weighted by atomic mass is 10.2. The number of ether oxygens (including phenoxy) is 2. The number of morpholine rings is 1. The Morgan fingerprint density at radius 3 is 3.04 bits per heavy atom. The van der Waals surface area contributed by atoms with Crippen LogP contribution in [0.5, 0.6) is 5.75 Å². The van der Waals surface area contributed by atoms with Crippen molar-refractivity contribution in [1.29, 1.82) is 0 Å². The van der Waals surface area contributed by atoms with Crippen LogP contribution in [0.3, 0.4) is 0 Å². The van der Waals surface area contributed by atoms with Gasteiger partial charge in [0, 0.05) is 13.1 Å². The van der Waals surface area contributed by atoms with Gasteiger partial charge in [0.2, 0.25) is 0 Å². The van der Waals surface area contributed by atoms with Gasteiger partial charge in [-0.3, -0.25) is 0 Å². The van der Waals surface area contributed by atoms with E-state index in [1.807, 2.05) is 6.07 Å². The maximum absolute atomic E-state index is 13.7. The highest BCUT2D eigenvalue weighted by molar-refractivity contribution is 5.74. The Balaban J connectivity index is 1.55. The summed E-state index contributed by atoms with van der Waals surface area (Å²) in [5.74, 6) is 0.428. The van der Waals surface area contributed by atoms with Crippen LogP contribution in [0.15, 0.2) is 41.0 Å². The van der Waals surface area contributed by atoms with Crippen molar-refractivity contribution in [3.8, 4) is 5.75 Å². The lowest BCUT2D eigenvalue weighted by Gasteiger charge is -2.32. The van der Waals surface area contributed by atoms with Crippen LogP contribution in [0, 0.1) is 5.82 Å². The molecule has 0 bridgehead atoms. The third kappa shape index (κ3) is 3.68. The summed E-state index contributed by atoms with van der Waals surface area (Å²) in [5, 5.41) is 2.79. The molecule has 2 aromatic rings. The second-order valence-electron chi connectivity index (χ2n) is 5.45. The monoisotopic (exact) mass is 334 g/mol. The molecule has 1 atom stereocenters. The third-order valence-electron chi connectivity index (χ3n) is 3.87. The molecule has 1 saturated heterocycles. The molecule has 7 heteroatoms. The highest BCUT2D eigenvalue weighted by Gasteiger charge is 2.26. The van der Waals surface area contributed by atoms with Crippen LogP contribution in [0.2, 0.25) is 0 Å². The Bertz CT molecular complexity index is 690. The van der Waals surface area contributed by atoms with E-state index < -0.39 is 5.82 Å². The maximum Gasteiger partial charge on any atom is 0.317 e. The molecular weight excluding hydrogens is 315 g/mol. The van der Waals surface area contributed by atoms with Gasteiger partial charge in [0.05, 0.1) is 26.5 Å². The van der Waals surface area contributed by atoms with Gasteiger partial charge >= 0.3 is 6.03 Å². The number of nitrogens with one attached hydrogen (secondary N) is 1. The number of furan rings is 1. The highest BCUT2D eigenvalue weighted by atomic mass is 19.1.